The first kappa shape index (κ1) is 10.7. The highest BCUT2D eigenvalue weighted by atomic mass is 16.4. The number of nitrogens with one attached hydrogen (secondary N) is 1. The Morgan fingerprint density at radius 1 is 1.57 bits per heavy atom. The molecule has 0 saturated heterocycles. The van der Waals surface area contributed by atoms with E-state index in [4.69, 9.17) is 4.42 Å². The van der Waals surface area contributed by atoms with Crippen LogP contribution < -0.4 is 5.32 Å². The van der Waals surface area contributed by atoms with Crippen molar-refractivity contribution < 1.29 is 9.21 Å². The number of rotatable bonds is 4. The largest absolute Gasteiger partial charge is 0.425 e. The van der Waals surface area contributed by atoms with Gasteiger partial charge in [0.1, 0.15) is 0 Å². The van der Waals surface area contributed by atoms with Crippen molar-refractivity contribution in [2.75, 3.05) is 7.05 Å². The molecule has 1 amide bonds. The molecule has 5 nitrogen and oxygen atoms in total. The molecule has 0 aliphatic rings. The number of carbonyl (C=O) groups excluding carboxylic acids is 1. The van der Waals surface area contributed by atoms with Crippen LogP contribution in [0.1, 0.15) is 38.0 Å². The van der Waals surface area contributed by atoms with E-state index in [2.05, 4.69) is 15.5 Å². The molecule has 0 aliphatic heterocycles. The number of hydrogen-bond acceptors (Lipinski definition) is 4. The minimum absolute atomic E-state index is 0.0197. The van der Waals surface area contributed by atoms with Gasteiger partial charge in [-0.1, -0.05) is 13.8 Å². The van der Waals surface area contributed by atoms with E-state index in [-0.39, 0.29) is 11.8 Å². The molecule has 1 aromatic rings. The molecule has 1 heterocycles. The Morgan fingerprint density at radius 3 is 2.79 bits per heavy atom. The van der Waals surface area contributed by atoms with Gasteiger partial charge in [-0.2, -0.15) is 0 Å². The monoisotopic (exact) mass is 197 g/mol. The molecule has 1 unspecified atom stereocenters. The molecule has 1 atom stereocenters. The number of hydrogen-bond donors (Lipinski definition) is 1. The smallest absolute Gasteiger partial charge is 0.220 e. The number of carbonyl (C=O) groups is 1. The topological polar surface area (TPSA) is 68.0 Å². The van der Waals surface area contributed by atoms with Crippen molar-refractivity contribution in [1.29, 1.82) is 0 Å². The number of aromatic nitrogens is 2. The summed E-state index contributed by atoms with van der Waals surface area (Å²) >= 11 is 0. The van der Waals surface area contributed by atoms with E-state index in [1.54, 1.807) is 7.05 Å². The lowest BCUT2D eigenvalue weighted by Gasteiger charge is -2.04. The summed E-state index contributed by atoms with van der Waals surface area (Å²) in [4.78, 5) is 11.1. The van der Waals surface area contributed by atoms with Crippen LogP contribution in [0.2, 0.25) is 0 Å². The Hall–Kier alpha value is -1.39. The van der Waals surface area contributed by atoms with Gasteiger partial charge in [0.2, 0.25) is 17.7 Å². The van der Waals surface area contributed by atoms with Crippen molar-refractivity contribution in [2.24, 2.45) is 0 Å². The van der Waals surface area contributed by atoms with E-state index in [9.17, 15) is 4.79 Å². The third-order valence-corrected chi connectivity index (χ3v) is 1.98. The highest BCUT2D eigenvalue weighted by molar-refractivity contribution is 5.76. The normalized spacial score (nSPS) is 12.5. The van der Waals surface area contributed by atoms with E-state index < -0.39 is 0 Å². The van der Waals surface area contributed by atoms with Crippen molar-refractivity contribution in [3.05, 3.63) is 11.8 Å². The Morgan fingerprint density at radius 2 is 2.29 bits per heavy atom. The lowest BCUT2D eigenvalue weighted by molar-refractivity contribution is -0.121. The summed E-state index contributed by atoms with van der Waals surface area (Å²) in [6, 6.07) is 0. The van der Waals surface area contributed by atoms with Gasteiger partial charge in [0.05, 0.1) is 0 Å². The number of nitrogens with zero attached hydrogens (tertiary/aromatic N) is 2. The van der Waals surface area contributed by atoms with Gasteiger partial charge >= 0.3 is 0 Å². The first-order valence-corrected chi connectivity index (χ1v) is 4.70. The zero-order chi connectivity index (χ0) is 10.6. The van der Waals surface area contributed by atoms with Crippen LogP contribution in [0.5, 0.6) is 0 Å². The van der Waals surface area contributed by atoms with Crippen LogP contribution in [0.25, 0.3) is 0 Å². The molecule has 1 rings (SSSR count). The summed E-state index contributed by atoms with van der Waals surface area (Å²) in [6.45, 7) is 3.84. The molecule has 0 aromatic carbocycles. The van der Waals surface area contributed by atoms with Crippen LogP contribution in [0, 0.1) is 0 Å². The van der Waals surface area contributed by atoms with Crippen LogP contribution in [0.4, 0.5) is 0 Å². The fourth-order valence-corrected chi connectivity index (χ4v) is 1.08. The lowest BCUT2D eigenvalue weighted by Crippen LogP contribution is -2.19. The summed E-state index contributed by atoms with van der Waals surface area (Å²) in [7, 11) is 1.61. The van der Waals surface area contributed by atoms with Crippen molar-refractivity contribution in [1.82, 2.24) is 15.5 Å². The van der Waals surface area contributed by atoms with Crippen LogP contribution in [0.3, 0.4) is 0 Å². The molecule has 0 spiro atoms. The van der Waals surface area contributed by atoms with Crippen LogP contribution >= 0.6 is 0 Å². The zero-order valence-electron chi connectivity index (χ0n) is 8.70. The first-order valence-electron chi connectivity index (χ1n) is 4.70. The maximum absolute atomic E-state index is 11.1. The fraction of sp³-hybridized carbons (Fsp3) is 0.667. The molecule has 0 aliphatic carbocycles. The van der Waals surface area contributed by atoms with Gasteiger partial charge < -0.3 is 9.73 Å². The lowest BCUT2D eigenvalue weighted by atomic mass is 10.1. The molecule has 0 saturated carbocycles. The molecular weight excluding hydrogens is 182 g/mol. The highest BCUT2D eigenvalue weighted by Gasteiger charge is 2.16. The molecule has 0 fully saturated rings. The van der Waals surface area contributed by atoms with Crippen LogP contribution in [0.15, 0.2) is 4.42 Å². The molecular formula is C9H15N3O2. The molecule has 0 bridgehead atoms. The Bertz CT molecular complexity index is 309. The Kier molecular flexibility index (Phi) is 3.62. The average Bonchev–Trinajstić information content (AvgIpc) is 2.65. The predicted molar refractivity (Wildman–Crippen MR) is 50.8 cm³/mol. The number of aryl methyl sites for hydroxylation is 1. The van der Waals surface area contributed by atoms with Crippen molar-refractivity contribution in [3.8, 4) is 0 Å². The van der Waals surface area contributed by atoms with E-state index >= 15 is 0 Å². The molecule has 14 heavy (non-hydrogen) atoms. The highest BCUT2D eigenvalue weighted by Crippen LogP contribution is 2.17. The molecule has 78 valence electrons. The van der Waals surface area contributed by atoms with Gasteiger partial charge in [0.15, 0.2) is 0 Å². The zero-order valence-corrected chi connectivity index (χ0v) is 8.70. The SMILES string of the molecule is CCc1nnc(C(C)CC(=O)NC)o1. The van der Waals surface area contributed by atoms with E-state index in [1.165, 1.54) is 0 Å². The summed E-state index contributed by atoms with van der Waals surface area (Å²) < 4.78 is 5.34. The Labute approximate surface area is 82.9 Å². The summed E-state index contributed by atoms with van der Waals surface area (Å²) in [5.41, 5.74) is 0. The molecule has 1 aromatic heterocycles. The van der Waals surface area contributed by atoms with Crippen molar-refractivity contribution >= 4 is 5.91 Å². The Balaban J connectivity index is 2.60. The van der Waals surface area contributed by atoms with Crippen molar-refractivity contribution in [3.63, 3.8) is 0 Å². The second-order valence-corrected chi connectivity index (χ2v) is 3.17. The van der Waals surface area contributed by atoms with Gasteiger partial charge in [0.25, 0.3) is 0 Å². The average molecular weight is 197 g/mol. The summed E-state index contributed by atoms with van der Waals surface area (Å²) in [6.07, 6.45) is 1.10. The number of amides is 1. The van der Waals surface area contributed by atoms with Gasteiger partial charge in [-0.15, -0.1) is 10.2 Å². The first-order chi connectivity index (χ1) is 6.67. The fourth-order valence-electron chi connectivity index (χ4n) is 1.08. The van der Waals surface area contributed by atoms with Crippen molar-refractivity contribution in [2.45, 2.75) is 32.6 Å². The third-order valence-electron chi connectivity index (χ3n) is 1.98. The van der Waals surface area contributed by atoms with Gasteiger partial charge in [0, 0.05) is 25.8 Å². The third kappa shape index (κ3) is 2.55. The van der Waals surface area contributed by atoms with Gasteiger partial charge in [-0.05, 0) is 0 Å². The quantitative estimate of drug-likeness (QED) is 0.777. The maximum atomic E-state index is 11.1. The minimum Gasteiger partial charge on any atom is -0.425 e. The van der Waals surface area contributed by atoms with Crippen LogP contribution in [-0.4, -0.2) is 23.2 Å². The molecule has 5 heteroatoms. The van der Waals surface area contributed by atoms with E-state index in [1.807, 2.05) is 13.8 Å². The van der Waals surface area contributed by atoms with Gasteiger partial charge in [-0.3, -0.25) is 4.79 Å². The molecule has 0 radical (unpaired) electrons. The van der Waals surface area contributed by atoms with Gasteiger partial charge in [-0.25, -0.2) is 0 Å². The summed E-state index contributed by atoms with van der Waals surface area (Å²) in [5.74, 6) is 1.10. The second-order valence-electron chi connectivity index (χ2n) is 3.17. The minimum atomic E-state index is -0.0252. The maximum Gasteiger partial charge on any atom is 0.220 e. The van der Waals surface area contributed by atoms with E-state index in [0.29, 0.717) is 18.2 Å². The van der Waals surface area contributed by atoms with Crippen LogP contribution in [-0.2, 0) is 11.2 Å². The standard InChI is InChI=1S/C9H15N3O2/c1-4-8-11-12-9(14-8)6(2)5-7(13)10-3/h6H,4-5H2,1-3H3,(H,10,13). The second kappa shape index (κ2) is 4.74. The summed E-state index contributed by atoms with van der Waals surface area (Å²) in [5, 5.41) is 10.3. The van der Waals surface area contributed by atoms with E-state index in [0.717, 1.165) is 6.42 Å². The molecule has 1 N–H and O–H groups in total. The predicted octanol–water partition coefficient (Wildman–Crippen LogP) is 0.872.